The number of pyridine rings is 2. The van der Waals surface area contributed by atoms with Gasteiger partial charge in [-0.3, -0.25) is 14.5 Å². The Morgan fingerprint density at radius 3 is 2.33 bits per heavy atom. The highest BCUT2D eigenvalue weighted by Gasteiger charge is 2.32. The minimum atomic E-state index is -4.40. The number of aromatic amines is 1. The van der Waals surface area contributed by atoms with Crippen molar-refractivity contribution in [3.8, 4) is 28.1 Å². The molecule has 10 heteroatoms. The van der Waals surface area contributed by atoms with Gasteiger partial charge in [0.15, 0.2) is 10.6 Å². The molecular formula is C29H27N5O4S. The Labute approximate surface area is 226 Å². The molecule has 0 bridgehead atoms. The Morgan fingerprint density at radius 2 is 1.72 bits per heavy atom. The molecule has 5 aromatic rings. The lowest BCUT2D eigenvalue weighted by atomic mass is 10.0. The number of anilines is 2. The number of nitrogens with zero attached hydrogens (tertiary/aromatic N) is 4. The predicted molar refractivity (Wildman–Crippen MR) is 150 cm³/mol. The molecule has 0 aliphatic heterocycles. The van der Waals surface area contributed by atoms with Crippen molar-refractivity contribution in [3.05, 3.63) is 101 Å². The molecule has 0 spiro atoms. The van der Waals surface area contributed by atoms with Crippen molar-refractivity contribution < 1.29 is 13.5 Å². The molecular weight excluding hydrogens is 514 g/mol. The summed E-state index contributed by atoms with van der Waals surface area (Å²) < 4.78 is 29.2. The number of para-hydroxylation sites is 1. The summed E-state index contributed by atoms with van der Waals surface area (Å²) in [4.78, 5) is 21.1. The Hall–Kier alpha value is -4.70. The fraction of sp³-hybridized carbons (Fsp3) is 0.138. The van der Waals surface area contributed by atoms with E-state index < -0.39 is 26.0 Å². The highest BCUT2D eigenvalue weighted by Crippen LogP contribution is 2.43. The molecule has 0 aliphatic carbocycles. The van der Waals surface area contributed by atoms with Crippen LogP contribution < -0.4 is 10.5 Å². The summed E-state index contributed by atoms with van der Waals surface area (Å²) in [5, 5.41) is 15.8. The monoisotopic (exact) mass is 541 g/mol. The van der Waals surface area contributed by atoms with E-state index in [-0.39, 0.29) is 16.3 Å². The summed E-state index contributed by atoms with van der Waals surface area (Å²) in [6, 6.07) is 17.3. The Balaban J connectivity index is 1.70. The maximum atomic E-state index is 13.8. The van der Waals surface area contributed by atoms with E-state index in [0.29, 0.717) is 17.8 Å². The number of rotatable bonds is 7. The second-order valence-corrected chi connectivity index (χ2v) is 10.9. The van der Waals surface area contributed by atoms with Crippen LogP contribution >= 0.6 is 0 Å². The first-order valence-corrected chi connectivity index (χ1v) is 13.8. The minimum Gasteiger partial charge on any atom is -0.504 e. The number of hydrogen-bond donors (Lipinski definition) is 2. The fourth-order valence-corrected chi connectivity index (χ4v) is 6.02. The zero-order chi connectivity index (χ0) is 27.7. The van der Waals surface area contributed by atoms with Crippen LogP contribution in [0.25, 0.3) is 22.4 Å². The van der Waals surface area contributed by atoms with E-state index >= 15 is 0 Å². The topological polar surface area (TPSA) is 121 Å². The van der Waals surface area contributed by atoms with Crippen LogP contribution in [0.15, 0.2) is 100 Å². The maximum absolute atomic E-state index is 13.8. The predicted octanol–water partition coefficient (Wildman–Crippen LogP) is 4.84. The fourth-order valence-electron chi connectivity index (χ4n) is 4.64. The lowest BCUT2D eigenvalue weighted by Gasteiger charge is -2.27. The molecule has 0 aliphatic rings. The lowest BCUT2D eigenvalue weighted by Crippen LogP contribution is -2.24. The first-order chi connectivity index (χ1) is 18.7. The second kappa shape index (κ2) is 10.2. The van der Waals surface area contributed by atoms with Gasteiger partial charge in [0.2, 0.25) is 9.84 Å². The third kappa shape index (κ3) is 4.70. The molecule has 9 nitrogen and oxygen atoms in total. The average Bonchev–Trinajstić information content (AvgIpc) is 3.37. The van der Waals surface area contributed by atoms with Crippen LogP contribution in [0.5, 0.6) is 5.75 Å². The van der Waals surface area contributed by atoms with Gasteiger partial charge in [0.1, 0.15) is 5.69 Å². The Morgan fingerprint density at radius 1 is 1.00 bits per heavy atom. The molecule has 5 rings (SSSR count). The van der Waals surface area contributed by atoms with Crippen molar-refractivity contribution in [2.24, 2.45) is 7.05 Å². The van der Waals surface area contributed by atoms with Crippen molar-refractivity contribution in [1.29, 1.82) is 0 Å². The van der Waals surface area contributed by atoms with Gasteiger partial charge in [0.25, 0.3) is 5.56 Å². The van der Waals surface area contributed by atoms with Crippen LogP contribution in [0.3, 0.4) is 0 Å². The molecule has 0 atom stereocenters. The third-order valence-electron chi connectivity index (χ3n) is 6.53. The van der Waals surface area contributed by atoms with Crippen LogP contribution in [-0.4, -0.2) is 39.8 Å². The molecule has 0 saturated heterocycles. The van der Waals surface area contributed by atoms with Gasteiger partial charge in [-0.15, -0.1) is 0 Å². The van der Waals surface area contributed by atoms with E-state index in [9.17, 15) is 18.3 Å². The normalized spacial score (nSPS) is 11.5. The van der Waals surface area contributed by atoms with Crippen LogP contribution in [-0.2, 0) is 16.9 Å². The Kier molecular flexibility index (Phi) is 6.80. The zero-order valence-corrected chi connectivity index (χ0v) is 22.5. The van der Waals surface area contributed by atoms with Crippen molar-refractivity contribution >= 4 is 21.2 Å². The van der Waals surface area contributed by atoms with E-state index in [1.165, 1.54) is 12.1 Å². The quantitative estimate of drug-likeness (QED) is 0.302. The first-order valence-electron chi connectivity index (χ1n) is 12.3. The van der Waals surface area contributed by atoms with Gasteiger partial charge < -0.3 is 15.0 Å². The van der Waals surface area contributed by atoms with E-state index in [2.05, 4.69) is 15.1 Å². The van der Waals surface area contributed by atoms with Crippen molar-refractivity contribution in [2.75, 3.05) is 11.4 Å². The molecule has 0 saturated carbocycles. The molecule has 3 aromatic heterocycles. The van der Waals surface area contributed by atoms with Gasteiger partial charge in [-0.25, -0.2) is 8.42 Å². The number of H-pyrrole nitrogens is 1. The summed E-state index contributed by atoms with van der Waals surface area (Å²) in [5.41, 5.74) is 3.41. The standard InChI is InChI=1S/C29H27N5O4S/c1-4-34(22-8-6-5-7-9-22)26-25(21-17-31-33(3)18-21)32-29(36)28(27(26)35)39(37,38)23-12-10-20(11-13-23)24-14-15-30-16-19(24)2/h5-18H,4H2,1-3H3,(H2,32,35,36). The van der Waals surface area contributed by atoms with Gasteiger partial charge in [0, 0.05) is 43.4 Å². The lowest BCUT2D eigenvalue weighted by molar-refractivity contribution is 0.456. The summed E-state index contributed by atoms with van der Waals surface area (Å²) in [5.74, 6) is -0.627. The SMILES string of the molecule is CCN(c1ccccc1)c1c(-c2cnn(C)c2)[nH]c(=O)c(S(=O)(=O)c2ccc(-c3ccncc3C)cc2)c1O. The van der Waals surface area contributed by atoms with Gasteiger partial charge in [-0.05, 0) is 60.9 Å². The van der Waals surface area contributed by atoms with Crippen LogP contribution in [0.2, 0.25) is 0 Å². The van der Waals surface area contributed by atoms with Crippen molar-refractivity contribution in [3.63, 3.8) is 0 Å². The molecule has 3 heterocycles. The zero-order valence-electron chi connectivity index (χ0n) is 21.7. The van der Waals surface area contributed by atoms with E-state index in [1.807, 2.05) is 50.2 Å². The highest BCUT2D eigenvalue weighted by molar-refractivity contribution is 7.91. The third-order valence-corrected chi connectivity index (χ3v) is 8.34. The highest BCUT2D eigenvalue weighted by atomic mass is 32.2. The maximum Gasteiger partial charge on any atom is 0.271 e. The molecule has 0 amide bonds. The summed E-state index contributed by atoms with van der Waals surface area (Å²) >= 11 is 0. The van der Waals surface area contributed by atoms with Crippen LogP contribution in [0, 0.1) is 6.92 Å². The molecule has 2 N–H and O–H groups in total. The molecule has 0 unspecified atom stereocenters. The molecule has 2 aromatic carbocycles. The van der Waals surface area contributed by atoms with Crippen molar-refractivity contribution in [1.82, 2.24) is 19.7 Å². The van der Waals surface area contributed by atoms with Gasteiger partial charge in [0.05, 0.1) is 16.8 Å². The van der Waals surface area contributed by atoms with E-state index in [4.69, 9.17) is 0 Å². The average molecular weight is 542 g/mol. The van der Waals surface area contributed by atoms with Gasteiger partial charge in [-0.1, -0.05) is 30.3 Å². The van der Waals surface area contributed by atoms with E-state index in [0.717, 1.165) is 16.7 Å². The number of aryl methyl sites for hydroxylation is 2. The van der Waals surface area contributed by atoms with Crippen LogP contribution in [0.1, 0.15) is 12.5 Å². The summed E-state index contributed by atoms with van der Waals surface area (Å²) in [6.07, 6.45) is 6.62. The summed E-state index contributed by atoms with van der Waals surface area (Å²) in [7, 11) is -2.68. The summed E-state index contributed by atoms with van der Waals surface area (Å²) in [6.45, 7) is 4.18. The van der Waals surface area contributed by atoms with Gasteiger partial charge in [-0.2, -0.15) is 5.10 Å². The van der Waals surface area contributed by atoms with Gasteiger partial charge >= 0.3 is 0 Å². The molecule has 198 valence electrons. The molecule has 39 heavy (non-hydrogen) atoms. The molecule has 0 fully saturated rings. The minimum absolute atomic E-state index is 0.110. The number of hydrogen-bond acceptors (Lipinski definition) is 7. The van der Waals surface area contributed by atoms with Crippen molar-refractivity contribution in [2.45, 2.75) is 23.6 Å². The van der Waals surface area contributed by atoms with E-state index in [1.54, 1.807) is 53.5 Å². The number of aromatic nitrogens is 4. The molecule has 0 radical (unpaired) electrons. The number of nitrogens with one attached hydrogen (secondary N) is 1. The first kappa shape index (κ1) is 25.9. The smallest absolute Gasteiger partial charge is 0.271 e. The number of benzene rings is 2. The number of sulfone groups is 1. The Bertz CT molecular complexity index is 1810. The van der Waals surface area contributed by atoms with Crippen LogP contribution in [0.4, 0.5) is 11.4 Å². The number of aromatic hydroxyl groups is 1. The largest absolute Gasteiger partial charge is 0.504 e. The second-order valence-electron chi connectivity index (χ2n) is 9.06.